The molecule has 14 heteroatoms. The Morgan fingerprint density at radius 1 is 1.38 bits per heavy atom. The van der Waals surface area contributed by atoms with Gasteiger partial charge in [0, 0.05) is 24.0 Å². The number of carbonyl (C=O) groups is 2. The third-order valence-electron chi connectivity index (χ3n) is 5.85. The van der Waals surface area contributed by atoms with Crippen molar-refractivity contribution in [2.45, 2.75) is 18.6 Å². The van der Waals surface area contributed by atoms with Gasteiger partial charge in [0.2, 0.25) is 0 Å². The predicted octanol–water partition coefficient (Wildman–Crippen LogP) is 1.12. The Bertz CT molecular complexity index is 1570. The molecular formula is C23H19FN8O5. The van der Waals surface area contributed by atoms with E-state index >= 15 is 0 Å². The Morgan fingerprint density at radius 2 is 2.19 bits per heavy atom. The molecule has 4 N–H and O–H groups in total. The number of nitrogen functional groups attached to an aromatic ring is 1. The first-order valence-corrected chi connectivity index (χ1v) is 10.9. The van der Waals surface area contributed by atoms with Gasteiger partial charge in [0.1, 0.15) is 11.8 Å². The van der Waals surface area contributed by atoms with Crippen LogP contribution in [-0.4, -0.2) is 61.7 Å². The Labute approximate surface area is 207 Å². The number of nitrogens with zero attached hydrogens (tertiary/aromatic N) is 6. The fourth-order valence-corrected chi connectivity index (χ4v) is 3.89. The number of aliphatic hydroxyl groups is 1. The number of carbonyl (C=O) groups excluding carboxylic acids is 2. The van der Waals surface area contributed by atoms with E-state index in [0.717, 1.165) is 22.7 Å². The zero-order valence-electron chi connectivity index (χ0n) is 19.3. The van der Waals surface area contributed by atoms with Gasteiger partial charge in [-0.3, -0.25) is 14.5 Å². The van der Waals surface area contributed by atoms with Gasteiger partial charge in [-0.15, -0.1) is 5.10 Å². The van der Waals surface area contributed by atoms with Crippen LogP contribution in [0, 0.1) is 17.1 Å². The van der Waals surface area contributed by atoms with Crippen LogP contribution in [0.5, 0.6) is 0 Å². The van der Waals surface area contributed by atoms with Crippen LogP contribution in [0.2, 0.25) is 0 Å². The molecular weight excluding hydrogens is 487 g/mol. The lowest BCUT2D eigenvalue weighted by Gasteiger charge is -2.37. The van der Waals surface area contributed by atoms with Crippen molar-refractivity contribution in [1.29, 1.82) is 5.26 Å². The van der Waals surface area contributed by atoms with Gasteiger partial charge in [-0.25, -0.2) is 14.1 Å². The zero-order chi connectivity index (χ0) is 26.3. The summed E-state index contributed by atoms with van der Waals surface area (Å²) in [6, 6.07) is 9.37. The molecule has 1 aromatic carbocycles. The topological polar surface area (TPSA) is 185 Å². The number of benzene rings is 1. The SMILES string of the molecule is CC(O)(C(=O)Nc1ccc2c(N)noc2c1)[C@H]1OCCN(c2nn(-c3ccnc(C#N)c3)cc2F)C1=O. The Morgan fingerprint density at radius 3 is 2.97 bits per heavy atom. The van der Waals surface area contributed by atoms with E-state index in [-0.39, 0.29) is 36.2 Å². The highest BCUT2D eigenvalue weighted by Gasteiger charge is 2.49. The lowest BCUT2D eigenvalue weighted by Crippen LogP contribution is -2.61. The van der Waals surface area contributed by atoms with Crippen LogP contribution in [0.15, 0.2) is 47.2 Å². The molecule has 188 valence electrons. The number of fused-ring (bicyclic) bond motifs is 1. The lowest BCUT2D eigenvalue weighted by molar-refractivity contribution is -0.165. The van der Waals surface area contributed by atoms with Crippen molar-refractivity contribution >= 4 is 40.1 Å². The van der Waals surface area contributed by atoms with Crippen LogP contribution in [0.25, 0.3) is 16.7 Å². The van der Waals surface area contributed by atoms with Crippen molar-refractivity contribution in [2.24, 2.45) is 0 Å². The predicted molar refractivity (Wildman–Crippen MR) is 126 cm³/mol. The second-order valence-electron chi connectivity index (χ2n) is 8.38. The number of amides is 2. The van der Waals surface area contributed by atoms with E-state index in [1.165, 1.54) is 30.5 Å². The molecule has 4 heterocycles. The molecule has 4 aromatic rings. The summed E-state index contributed by atoms with van der Waals surface area (Å²) >= 11 is 0. The van der Waals surface area contributed by atoms with E-state index in [1.807, 2.05) is 6.07 Å². The molecule has 1 fully saturated rings. The summed E-state index contributed by atoms with van der Waals surface area (Å²) in [6.07, 6.45) is 0.760. The maximum absolute atomic E-state index is 14.9. The monoisotopic (exact) mass is 506 g/mol. The normalized spacial score (nSPS) is 17.4. The van der Waals surface area contributed by atoms with Gasteiger partial charge in [-0.1, -0.05) is 5.16 Å². The third-order valence-corrected chi connectivity index (χ3v) is 5.85. The van der Waals surface area contributed by atoms with E-state index < -0.39 is 29.3 Å². The number of aromatic nitrogens is 4. The van der Waals surface area contributed by atoms with Crippen molar-refractivity contribution in [2.75, 3.05) is 29.1 Å². The molecule has 13 nitrogen and oxygen atoms in total. The van der Waals surface area contributed by atoms with Gasteiger partial charge < -0.3 is 25.4 Å². The highest BCUT2D eigenvalue weighted by Crippen LogP contribution is 2.28. The summed E-state index contributed by atoms with van der Waals surface area (Å²) in [7, 11) is 0. The molecule has 1 saturated heterocycles. The minimum absolute atomic E-state index is 0.0651. The van der Waals surface area contributed by atoms with E-state index in [4.69, 9.17) is 20.3 Å². The summed E-state index contributed by atoms with van der Waals surface area (Å²) in [6.45, 7) is 0.961. The molecule has 0 radical (unpaired) electrons. The molecule has 2 amide bonds. The number of nitrogens with one attached hydrogen (secondary N) is 1. The molecule has 2 atom stereocenters. The molecule has 5 rings (SSSR count). The molecule has 1 aliphatic rings. The van der Waals surface area contributed by atoms with Crippen LogP contribution >= 0.6 is 0 Å². The first-order chi connectivity index (χ1) is 17.7. The maximum Gasteiger partial charge on any atom is 0.261 e. The Kier molecular flexibility index (Phi) is 5.78. The molecule has 3 aromatic heterocycles. The number of hydrogen-bond acceptors (Lipinski definition) is 10. The first-order valence-electron chi connectivity index (χ1n) is 10.9. The number of hydrogen-bond donors (Lipinski definition) is 3. The van der Waals surface area contributed by atoms with Gasteiger partial charge in [-0.05, 0) is 25.1 Å². The number of pyridine rings is 1. The highest BCUT2D eigenvalue weighted by atomic mass is 19.1. The number of halogens is 1. The average Bonchev–Trinajstić information content (AvgIpc) is 3.46. The van der Waals surface area contributed by atoms with Gasteiger partial charge in [-0.2, -0.15) is 5.26 Å². The van der Waals surface area contributed by atoms with Gasteiger partial charge >= 0.3 is 0 Å². The van der Waals surface area contributed by atoms with Crippen LogP contribution in [-0.2, 0) is 14.3 Å². The average molecular weight is 506 g/mol. The molecule has 0 saturated carbocycles. The minimum atomic E-state index is -2.34. The molecule has 0 aliphatic carbocycles. The standard InChI is InChI=1S/C23H19FN8O5/c1-23(35,22(34)28-12-2-3-15-17(9-12)37-30-19(15)26)18-21(33)31(6-7-36-18)20-16(24)11-32(29-20)14-4-5-27-13(8-14)10-25/h2-5,8-9,11,18,35H,6-7H2,1H3,(H2,26,30)(H,28,34)/t18-,23?/m0/s1. The molecule has 1 unspecified atom stereocenters. The highest BCUT2D eigenvalue weighted by molar-refractivity contribution is 6.06. The van der Waals surface area contributed by atoms with Crippen molar-refractivity contribution < 1.29 is 28.3 Å². The quantitative estimate of drug-likeness (QED) is 0.354. The molecule has 37 heavy (non-hydrogen) atoms. The number of nitriles is 1. The van der Waals surface area contributed by atoms with Crippen LogP contribution in [0.4, 0.5) is 21.7 Å². The lowest BCUT2D eigenvalue weighted by atomic mass is 9.95. The number of nitrogens with two attached hydrogens (primary N) is 1. The van der Waals surface area contributed by atoms with Crippen LogP contribution < -0.4 is 16.0 Å². The Hall–Kier alpha value is -4.87. The second kappa shape index (κ2) is 8.97. The molecule has 0 spiro atoms. The molecule has 0 bridgehead atoms. The van der Waals surface area contributed by atoms with E-state index in [1.54, 1.807) is 6.07 Å². The number of morpholine rings is 1. The third kappa shape index (κ3) is 4.22. The fourth-order valence-electron chi connectivity index (χ4n) is 3.89. The number of ether oxygens (including phenoxy) is 1. The van der Waals surface area contributed by atoms with Gasteiger partial charge in [0.25, 0.3) is 11.8 Å². The van der Waals surface area contributed by atoms with E-state index in [0.29, 0.717) is 16.7 Å². The summed E-state index contributed by atoms with van der Waals surface area (Å²) in [5.74, 6) is -2.76. The van der Waals surface area contributed by atoms with Crippen LogP contribution in [0.1, 0.15) is 12.6 Å². The summed E-state index contributed by atoms with van der Waals surface area (Å²) < 4.78 is 26.6. The summed E-state index contributed by atoms with van der Waals surface area (Å²) in [4.78, 5) is 31.1. The fraction of sp³-hybridized carbons (Fsp3) is 0.217. The van der Waals surface area contributed by atoms with Crippen molar-refractivity contribution in [3.63, 3.8) is 0 Å². The summed E-state index contributed by atoms with van der Waals surface area (Å²) in [5.41, 5.74) is 4.38. The van der Waals surface area contributed by atoms with Crippen molar-refractivity contribution in [3.05, 3.63) is 54.2 Å². The van der Waals surface area contributed by atoms with E-state index in [9.17, 15) is 19.1 Å². The van der Waals surface area contributed by atoms with Crippen molar-refractivity contribution in [3.8, 4) is 11.8 Å². The van der Waals surface area contributed by atoms with Gasteiger partial charge in [0.15, 0.2) is 34.7 Å². The molecule has 1 aliphatic heterocycles. The van der Waals surface area contributed by atoms with Crippen molar-refractivity contribution in [1.82, 2.24) is 19.9 Å². The number of rotatable bonds is 5. The number of anilines is 3. The van der Waals surface area contributed by atoms with Crippen LogP contribution in [0.3, 0.4) is 0 Å². The largest absolute Gasteiger partial charge is 0.380 e. The van der Waals surface area contributed by atoms with Gasteiger partial charge in [0.05, 0.1) is 30.4 Å². The second-order valence-corrected chi connectivity index (χ2v) is 8.38. The Balaban J connectivity index is 1.37. The minimum Gasteiger partial charge on any atom is -0.380 e. The zero-order valence-corrected chi connectivity index (χ0v) is 19.3. The maximum atomic E-state index is 14.9. The first kappa shape index (κ1) is 23.9. The smallest absolute Gasteiger partial charge is 0.261 e. The summed E-state index contributed by atoms with van der Waals surface area (Å²) in [5, 5.41) is 30.9. The van der Waals surface area contributed by atoms with E-state index in [2.05, 4.69) is 20.6 Å².